The number of hydrogen-bond donors (Lipinski definition) is 2. The summed E-state index contributed by atoms with van der Waals surface area (Å²) < 4.78 is 11.3. The van der Waals surface area contributed by atoms with Crippen molar-refractivity contribution in [3.05, 3.63) is 59.8 Å². The Morgan fingerprint density at radius 3 is 2.66 bits per heavy atom. The zero-order valence-electron chi connectivity index (χ0n) is 20.5. The number of amides is 1. The van der Waals surface area contributed by atoms with Crippen LogP contribution in [0.3, 0.4) is 0 Å². The highest BCUT2D eigenvalue weighted by atomic mass is 16.5. The number of aryl methyl sites for hydroxylation is 1. The number of ether oxygens (including phenoxy) is 2. The lowest BCUT2D eigenvalue weighted by molar-refractivity contribution is 0.0737. The Kier molecular flexibility index (Phi) is 7.28. The minimum Gasteiger partial charge on any atom is -0.476 e. The molecule has 184 valence electrons. The maximum Gasteiger partial charge on any atom is 0.255 e. The van der Waals surface area contributed by atoms with Gasteiger partial charge in [0.15, 0.2) is 0 Å². The van der Waals surface area contributed by atoms with Crippen LogP contribution >= 0.6 is 0 Å². The molecule has 1 fully saturated rings. The number of morpholine rings is 1. The minimum atomic E-state index is -1.15. The van der Waals surface area contributed by atoms with E-state index in [-0.39, 0.29) is 5.91 Å². The summed E-state index contributed by atoms with van der Waals surface area (Å²) in [6, 6.07) is 7.14. The Hall–Kier alpha value is -3.56. The molecule has 1 aliphatic rings. The molecule has 9 heteroatoms. The van der Waals surface area contributed by atoms with Gasteiger partial charge in [0.05, 0.1) is 37.4 Å². The fourth-order valence-corrected chi connectivity index (χ4v) is 3.87. The van der Waals surface area contributed by atoms with Gasteiger partial charge in [-0.3, -0.25) is 14.8 Å². The first-order valence-electron chi connectivity index (χ1n) is 11.7. The number of carbonyl (C=O) groups excluding carboxylic acids is 1. The average molecular weight is 478 g/mol. The topological polar surface area (TPSA) is 110 Å². The maximum atomic E-state index is 12.9. The predicted octanol–water partition coefficient (Wildman–Crippen LogP) is 3.56. The summed E-state index contributed by atoms with van der Waals surface area (Å²) in [5, 5.41) is 13.1. The molecule has 9 nitrogen and oxygen atoms in total. The van der Waals surface area contributed by atoms with Crippen molar-refractivity contribution >= 4 is 17.3 Å². The summed E-state index contributed by atoms with van der Waals surface area (Å²) in [5.41, 5.74) is 3.70. The molecule has 0 aromatic carbocycles. The molecule has 3 aromatic heterocycles. The van der Waals surface area contributed by atoms with Crippen LogP contribution in [0.1, 0.15) is 42.5 Å². The molecule has 1 amide bonds. The van der Waals surface area contributed by atoms with Gasteiger partial charge in [0.2, 0.25) is 5.88 Å². The van der Waals surface area contributed by atoms with Crippen LogP contribution in [0.2, 0.25) is 0 Å². The van der Waals surface area contributed by atoms with E-state index in [0.29, 0.717) is 42.6 Å². The highest BCUT2D eigenvalue weighted by Crippen LogP contribution is 2.33. The maximum absolute atomic E-state index is 12.9. The lowest BCUT2D eigenvalue weighted by Crippen LogP contribution is -2.36. The monoisotopic (exact) mass is 477 g/mol. The highest BCUT2D eigenvalue weighted by Gasteiger charge is 2.21. The molecule has 0 aliphatic carbocycles. The molecular formula is C26H31N5O4. The number of aromatic nitrogens is 3. The van der Waals surface area contributed by atoms with E-state index in [1.807, 2.05) is 19.9 Å². The number of anilines is 2. The van der Waals surface area contributed by atoms with Crippen LogP contribution in [0.5, 0.6) is 5.88 Å². The van der Waals surface area contributed by atoms with Crippen LogP contribution < -0.4 is 15.0 Å². The van der Waals surface area contributed by atoms with Crippen molar-refractivity contribution in [1.29, 1.82) is 0 Å². The van der Waals surface area contributed by atoms with E-state index in [1.54, 1.807) is 38.4 Å². The van der Waals surface area contributed by atoms with Crippen molar-refractivity contribution in [2.24, 2.45) is 0 Å². The second kappa shape index (κ2) is 10.4. The van der Waals surface area contributed by atoms with Crippen LogP contribution in [0.4, 0.5) is 11.4 Å². The van der Waals surface area contributed by atoms with Gasteiger partial charge in [-0.1, -0.05) is 0 Å². The van der Waals surface area contributed by atoms with Gasteiger partial charge in [0.1, 0.15) is 11.3 Å². The van der Waals surface area contributed by atoms with Gasteiger partial charge in [-0.15, -0.1) is 0 Å². The molecule has 3 aromatic rings. The summed E-state index contributed by atoms with van der Waals surface area (Å²) >= 11 is 0. The van der Waals surface area contributed by atoms with Gasteiger partial charge in [0.25, 0.3) is 5.91 Å². The van der Waals surface area contributed by atoms with Crippen molar-refractivity contribution in [2.75, 3.05) is 43.1 Å². The quantitative estimate of drug-likeness (QED) is 0.532. The van der Waals surface area contributed by atoms with E-state index in [0.717, 1.165) is 35.6 Å². The van der Waals surface area contributed by atoms with Crippen molar-refractivity contribution < 1.29 is 19.4 Å². The molecular weight excluding hydrogens is 446 g/mol. The van der Waals surface area contributed by atoms with Gasteiger partial charge in [-0.2, -0.15) is 0 Å². The molecule has 0 atom stereocenters. The minimum absolute atomic E-state index is 0.312. The third kappa shape index (κ3) is 5.75. The molecule has 4 rings (SSSR count). The van der Waals surface area contributed by atoms with Crippen LogP contribution in [-0.2, 0) is 10.3 Å². The van der Waals surface area contributed by atoms with E-state index in [2.05, 4.69) is 31.2 Å². The Balaban J connectivity index is 1.63. The van der Waals surface area contributed by atoms with Crippen molar-refractivity contribution in [3.63, 3.8) is 0 Å². The highest BCUT2D eigenvalue weighted by molar-refractivity contribution is 6.04. The number of carbonyl (C=O) groups is 1. The fraction of sp³-hybridized carbons (Fsp3) is 0.385. The van der Waals surface area contributed by atoms with Gasteiger partial charge >= 0.3 is 0 Å². The molecule has 1 aliphatic heterocycles. The first kappa shape index (κ1) is 24.6. The molecule has 2 N–H and O–H groups in total. The Morgan fingerprint density at radius 2 is 1.94 bits per heavy atom. The number of hydrogen-bond acceptors (Lipinski definition) is 8. The van der Waals surface area contributed by atoms with E-state index >= 15 is 0 Å². The standard InChI is InChI=1S/C26H31N5O4/c1-5-35-25-22(31-8-10-34-11-9-31)12-19(15-29-25)21-14-20(16-28-17(21)2)30-24(32)18-6-7-27-23(13-18)26(3,4)33/h6-7,12-16,33H,5,8-11H2,1-4H3,(H,30,32). The van der Waals surface area contributed by atoms with Crippen LogP contribution in [-0.4, -0.2) is 58.9 Å². The SMILES string of the molecule is CCOc1ncc(-c2cc(NC(=O)c3ccnc(C(C)(C)O)c3)cnc2C)cc1N1CCOCC1. The van der Waals surface area contributed by atoms with Gasteiger partial charge < -0.3 is 24.8 Å². The number of pyridine rings is 3. The third-order valence-corrected chi connectivity index (χ3v) is 5.77. The number of rotatable bonds is 7. The summed E-state index contributed by atoms with van der Waals surface area (Å²) in [6.07, 6.45) is 4.91. The lowest BCUT2D eigenvalue weighted by atomic mass is 10.0. The van der Waals surface area contributed by atoms with Crippen molar-refractivity contribution in [3.8, 4) is 17.0 Å². The Bertz CT molecular complexity index is 1200. The van der Waals surface area contributed by atoms with E-state index < -0.39 is 5.60 Å². The fourth-order valence-electron chi connectivity index (χ4n) is 3.87. The van der Waals surface area contributed by atoms with Crippen LogP contribution in [0, 0.1) is 6.92 Å². The van der Waals surface area contributed by atoms with Gasteiger partial charge in [-0.05, 0) is 52.0 Å². The second-order valence-electron chi connectivity index (χ2n) is 8.88. The largest absolute Gasteiger partial charge is 0.476 e. The smallest absolute Gasteiger partial charge is 0.255 e. The molecule has 0 unspecified atom stereocenters. The van der Waals surface area contributed by atoms with Crippen LogP contribution in [0.25, 0.3) is 11.1 Å². The second-order valence-corrected chi connectivity index (χ2v) is 8.88. The molecule has 4 heterocycles. The summed E-state index contributed by atoms with van der Waals surface area (Å²) in [7, 11) is 0. The molecule has 35 heavy (non-hydrogen) atoms. The van der Waals surface area contributed by atoms with Crippen molar-refractivity contribution in [1.82, 2.24) is 15.0 Å². The number of aliphatic hydroxyl groups is 1. The normalized spacial score (nSPS) is 14.0. The Labute approximate surface area is 205 Å². The van der Waals surface area contributed by atoms with Gasteiger partial charge in [0, 0.05) is 47.9 Å². The predicted molar refractivity (Wildman–Crippen MR) is 134 cm³/mol. The van der Waals surface area contributed by atoms with E-state index in [9.17, 15) is 9.90 Å². The van der Waals surface area contributed by atoms with E-state index in [4.69, 9.17) is 9.47 Å². The summed E-state index contributed by atoms with van der Waals surface area (Å²) in [5.74, 6) is 0.279. The molecule has 0 bridgehead atoms. The molecule has 1 saturated heterocycles. The van der Waals surface area contributed by atoms with Crippen LogP contribution in [0.15, 0.2) is 42.9 Å². The summed E-state index contributed by atoms with van der Waals surface area (Å²) in [6.45, 7) is 10.5. The zero-order valence-corrected chi connectivity index (χ0v) is 20.5. The molecule has 0 spiro atoms. The number of nitrogens with one attached hydrogen (secondary N) is 1. The Morgan fingerprint density at radius 1 is 1.17 bits per heavy atom. The summed E-state index contributed by atoms with van der Waals surface area (Å²) in [4.78, 5) is 28.4. The lowest BCUT2D eigenvalue weighted by Gasteiger charge is -2.30. The van der Waals surface area contributed by atoms with E-state index in [1.165, 1.54) is 6.20 Å². The molecule has 0 radical (unpaired) electrons. The van der Waals surface area contributed by atoms with Crippen molar-refractivity contribution in [2.45, 2.75) is 33.3 Å². The first-order valence-corrected chi connectivity index (χ1v) is 11.7. The molecule has 0 saturated carbocycles. The number of nitrogens with zero attached hydrogens (tertiary/aromatic N) is 4. The van der Waals surface area contributed by atoms with Gasteiger partial charge in [-0.25, -0.2) is 4.98 Å². The first-order chi connectivity index (χ1) is 16.8. The third-order valence-electron chi connectivity index (χ3n) is 5.77. The zero-order chi connectivity index (χ0) is 25.0. The average Bonchev–Trinajstić information content (AvgIpc) is 2.86.